The lowest BCUT2D eigenvalue weighted by atomic mass is 10.1. The number of ether oxygens (including phenoxy) is 1. The molecule has 1 amide bonds. The van der Waals surface area contributed by atoms with Gasteiger partial charge in [0.25, 0.3) is 5.91 Å². The summed E-state index contributed by atoms with van der Waals surface area (Å²) in [7, 11) is 0. The van der Waals surface area contributed by atoms with Gasteiger partial charge in [-0.05, 0) is 52.7 Å². The van der Waals surface area contributed by atoms with E-state index < -0.39 is 6.10 Å². The van der Waals surface area contributed by atoms with Crippen LogP contribution >= 0.6 is 15.9 Å². The van der Waals surface area contributed by atoms with E-state index in [1.807, 2.05) is 18.2 Å². The molecule has 0 spiro atoms. The van der Waals surface area contributed by atoms with E-state index in [-0.39, 0.29) is 12.5 Å². The number of hydrogen-bond donors (Lipinski definition) is 2. The van der Waals surface area contributed by atoms with Crippen molar-refractivity contribution in [1.82, 2.24) is 0 Å². The highest BCUT2D eigenvalue weighted by molar-refractivity contribution is 9.10. The molecule has 1 atom stereocenters. The summed E-state index contributed by atoms with van der Waals surface area (Å²) in [5.41, 5.74) is 1.45. The number of amides is 1. The van der Waals surface area contributed by atoms with Crippen molar-refractivity contribution in [2.75, 3.05) is 11.9 Å². The van der Waals surface area contributed by atoms with E-state index in [0.29, 0.717) is 11.4 Å². The first kappa shape index (κ1) is 15.5. The van der Waals surface area contributed by atoms with Gasteiger partial charge in [-0.15, -0.1) is 0 Å². The average Bonchev–Trinajstić information content (AvgIpc) is 2.48. The van der Waals surface area contributed by atoms with Gasteiger partial charge in [0.2, 0.25) is 0 Å². The standard InChI is InChI=1S/C16H16BrNO3/c1-11(19)12-5-4-6-13(9-12)21-10-16(20)18-15-8-3-2-7-14(15)17/h2-9,11,19H,10H2,1H3,(H,18,20). The van der Waals surface area contributed by atoms with Gasteiger partial charge in [-0.2, -0.15) is 0 Å². The fourth-order valence-corrected chi connectivity index (χ4v) is 2.15. The summed E-state index contributed by atoms with van der Waals surface area (Å²) in [6.07, 6.45) is -0.567. The minimum atomic E-state index is -0.567. The van der Waals surface area contributed by atoms with Crippen LogP contribution in [0.3, 0.4) is 0 Å². The van der Waals surface area contributed by atoms with E-state index >= 15 is 0 Å². The Morgan fingerprint density at radius 2 is 2.05 bits per heavy atom. The Labute approximate surface area is 131 Å². The highest BCUT2D eigenvalue weighted by Gasteiger charge is 2.07. The van der Waals surface area contributed by atoms with Crippen molar-refractivity contribution in [3.63, 3.8) is 0 Å². The molecule has 5 heteroatoms. The third-order valence-corrected chi connectivity index (χ3v) is 3.55. The van der Waals surface area contributed by atoms with E-state index in [1.54, 1.807) is 37.3 Å². The summed E-state index contributed by atoms with van der Waals surface area (Å²) in [4.78, 5) is 11.9. The van der Waals surface area contributed by atoms with Crippen LogP contribution < -0.4 is 10.1 Å². The zero-order valence-electron chi connectivity index (χ0n) is 11.5. The van der Waals surface area contributed by atoms with E-state index in [0.717, 1.165) is 10.0 Å². The molecule has 2 aromatic carbocycles. The molecule has 2 N–H and O–H groups in total. The van der Waals surface area contributed by atoms with Gasteiger partial charge >= 0.3 is 0 Å². The molecule has 0 aliphatic heterocycles. The van der Waals surface area contributed by atoms with Crippen LogP contribution in [-0.4, -0.2) is 17.6 Å². The molecule has 1 unspecified atom stereocenters. The Kier molecular flexibility index (Phi) is 5.36. The van der Waals surface area contributed by atoms with Gasteiger partial charge in [-0.25, -0.2) is 0 Å². The van der Waals surface area contributed by atoms with Gasteiger partial charge < -0.3 is 15.2 Å². The van der Waals surface area contributed by atoms with Crippen molar-refractivity contribution in [3.05, 3.63) is 58.6 Å². The summed E-state index contributed by atoms with van der Waals surface area (Å²) < 4.78 is 6.25. The first-order chi connectivity index (χ1) is 10.1. The Hall–Kier alpha value is -1.85. The van der Waals surface area contributed by atoms with Crippen molar-refractivity contribution < 1.29 is 14.6 Å². The Morgan fingerprint density at radius 3 is 2.76 bits per heavy atom. The lowest BCUT2D eigenvalue weighted by Gasteiger charge is -2.10. The van der Waals surface area contributed by atoms with Gasteiger partial charge in [0.15, 0.2) is 6.61 Å². The SMILES string of the molecule is CC(O)c1cccc(OCC(=O)Nc2ccccc2Br)c1. The van der Waals surface area contributed by atoms with Crippen molar-refractivity contribution in [1.29, 1.82) is 0 Å². The molecule has 0 heterocycles. The molecule has 4 nitrogen and oxygen atoms in total. The van der Waals surface area contributed by atoms with Crippen LogP contribution in [0.1, 0.15) is 18.6 Å². The van der Waals surface area contributed by atoms with Crippen LogP contribution in [0.4, 0.5) is 5.69 Å². The number of benzene rings is 2. The van der Waals surface area contributed by atoms with Gasteiger partial charge in [0.1, 0.15) is 5.75 Å². The number of anilines is 1. The van der Waals surface area contributed by atoms with Gasteiger partial charge in [0, 0.05) is 4.47 Å². The van der Waals surface area contributed by atoms with Crippen LogP contribution in [-0.2, 0) is 4.79 Å². The second-order valence-corrected chi connectivity index (χ2v) is 5.42. The number of nitrogens with one attached hydrogen (secondary N) is 1. The largest absolute Gasteiger partial charge is 0.484 e. The van der Waals surface area contributed by atoms with E-state index in [2.05, 4.69) is 21.2 Å². The normalized spacial score (nSPS) is 11.8. The van der Waals surface area contributed by atoms with Crippen molar-refractivity contribution in [2.24, 2.45) is 0 Å². The minimum Gasteiger partial charge on any atom is -0.484 e. The second-order valence-electron chi connectivity index (χ2n) is 4.57. The zero-order chi connectivity index (χ0) is 15.2. The number of aliphatic hydroxyl groups is 1. The highest BCUT2D eigenvalue weighted by atomic mass is 79.9. The monoisotopic (exact) mass is 349 g/mol. The number of para-hydroxylation sites is 1. The van der Waals surface area contributed by atoms with Crippen LogP contribution in [0.15, 0.2) is 53.0 Å². The smallest absolute Gasteiger partial charge is 0.262 e. The van der Waals surface area contributed by atoms with Gasteiger partial charge in [-0.1, -0.05) is 24.3 Å². The average molecular weight is 350 g/mol. The van der Waals surface area contributed by atoms with E-state index in [1.165, 1.54) is 0 Å². The van der Waals surface area contributed by atoms with Crippen LogP contribution in [0.25, 0.3) is 0 Å². The summed E-state index contributed by atoms with van der Waals surface area (Å²) in [5.74, 6) is 0.306. The third kappa shape index (κ3) is 4.58. The maximum atomic E-state index is 11.9. The topological polar surface area (TPSA) is 58.6 Å². The number of hydrogen-bond acceptors (Lipinski definition) is 3. The summed E-state index contributed by atoms with van der Waals surface area (Å²) in [6, 6.07) is 14.4. The lowest BCUT2D eigenvalue weighted by Crippen LogP contribution is -2.20. The number of halogens is 1. The van der Waals surface area contributed by atoms with Crippen molar-refractivity contribution >= 4 is 27.5 Å². The van der Waals surface area contributed by atoms with Gasteiger partial charge in [0.05, 0.1) is 11.8 Å². The molecule has 0 aromatic heterocycles. The van der Waals surface area contributed by atoms with Crippen LogP contribution in [0.2, 0.25) is 0 Å². The fourth-order valence-electron chi connectivity index (χ4n) is 1.76. The molecular formula is C16H16BrNO3. The highest BCUT2D eigenvalue weighted by Crippen LogP contribution is 2.21. The molecule has 0 saturated heterocycles. The first-order valence-electron chi connectivity index (χ1n) is 6.51. The fraction of sp³-hybridized carbons (Fsp3) is 0.188. The predicted molar refractivity (Wildman–Crippen MR) is 85.3 cm³/mol. The molecule has 0 saturated carbocycles. The molecule has 0 aliphatic carbocycles. The van der Waals surface area contributed by atoms with Crippen LogP contribution in [0, 0.1) is 0 Å². The quantitative estimate of drug-likeness (QED) is 0.868. The molecule has 0 fully saturated rings. The molecule has 21 heavy (non-hydrogen) atoms. The summed E-state index contributed by atoms with van der Waals surface area (Å²) >= 11 is 3.36. The van der Waals surface area contributed by atoms with Crippen molar-refractivity contribution in [3.8, 4) is 5.75 Å². The molecule has 0 bridgehead atoms. The number of carbonyl (C=O) groups excluding carboxylic acids is 1. The van der Waals surface area contributed by atoms with Crippen LogP contribution in [0.5, 0.6) is 5.75 Å². The minimum absolute atomic E-state index is 0.0927. The number of rotatable bonds is 5. The maximum absolute atomic E-state index is 11.9. The first-order valence-corrected chi connectivity index (χ1v) is 7.31. The summed E-state index contributed by atoms with van der Waals surface area (Å²) in [6.45, 7) is 1.59. The Balaban J connectivity index is 1.92. The maximum Gasteiger partial charge on any atom is 0.262 e. The third-order valence-electron chi connectivity index (χ3n) is 2.86. The molecule has 0 aliphatic rings. The Morgan fingerprint density at radius 1 is 1.29 bits per heavy atom. The van der Waals surface area contributed by atoms with E-state index in [4.69, 9.17) is 4.74 Å². The lowest BCUT2D eigenvalue weighted by molar-refractivity contribution is -0.118. The molecular weight excluding hydrogens is 334 g/mol. The Bertz CT molecular complexity index is 628. The van der Waals surface area contributed by atoms with E-state index in [9.17, 15) is 9.90 Å². The van der Waals surface area contributed by atoms with Gasteiger partial charge in [-0.3, -0.25) is 4.79 Å². The molecule has 2 rings (SSSR count). The number of carbonyl (C=O) groups is 1. The molecule has 110 valence electrons. The number of aliphatic hydroxyl groups excluding tert-OH is 1. The predicted octanol–water partition coefficient (Wildman–Crippen LogP) is 3.52. The molecule has 2 aromatic rings. The van der Waals surface area contributed by atoms with Crippen molar-refractivity contribution in [2.45, 2.75) is 13.0 Å². The second kappa shape index (κ2) is 7.24. The zero-order valence-corrected chi connectivity index (χ0v) is 13.1. The molecule has 0 radical (unpaired) electrons. The summed E-state index contributed by atoms with van der Waals surface area (Å²) in [5, 5.41) is 12.3.